The summed E-state index contributed by atoms with van der Waals surface area (Å²) in [7, 11) is 0. The van der Waals surface area contributed by atoms with Gasteiger partial charge in [0.2, 0.25) is 0 Å². The van der Waals surface area contributed by atoms with Gasteiger partial charge >= 0.3 is 0 Å². The van der Waals surface area contributed by atoms with E-state index < -0.39 is 6.10 Å². The number of hydrogen-bond acceptors (Lipinski definition) is 5. The molecule has 2 atom stereocenters. The zero-order valence-electron chi connectivity index (χ0n) is 19.3. The third kappa shape index (κ3) is 6.26. The molecule has 0 radical (unpaired) electrons. The Morgan fingerprint density at radius 1 is 1.03 bits per heavy atom. The Morgan fingerprint density at radius 3 is 2.34 bits per heavy atom. The smallest absolute Gasteiger partial charge is 0.136 e. The fourth-order valence-electron chi connectivity index (χ4n) is 3.96. The molecule has 2 N–H and O–H groups in total. The summed E-state index contributed by atoms with van der Waals surface area (Å²) in [6.45, 7) is 8.26. The highest BCUT2D eigenvalue weighted by atomic mass is 16.5. The van der Waals surface area contributed by atoms with Gasteiger partial charge in [0.05, 0.1) is 32.0 Å². The second-order valence-corrected chi connectivity index (χ2v) is 8.25. The highest BCUT2D eigenvalue weighted by Crippen LogP contribution is 2.19. The van der Waals surface area contributed by atoms with E-state index in [9.17, 15) is 10.2 Å². The average Bonchev–Trinajstić information content (AvgIpc) is 3.15. The van der Waals surface area contributed by atoms with E-state index in [1.807, 2.05) is 42.5 Å². The highest BCUT2D eigenvalue weighted by Gasteiger charge is 2.22. The maximum absolute atomic E-state index is 10.9. The summed E-state index contributed by atoms with van der Waals surface area (Å²) in [4.78, 5) is 6.68. The first-order valence-corrected chi connectivity index (χ1v) is 11.3. The van der Waals surface area contributed by atoms with Crippen LogP contribution in [0.4, 0.5) is 0 Å². The molecule has 0 unspecified atom stereocenters. The fourth-order valence-corrected chi connectivity index (χ4v) is 3.96. The lowest BCUT2D eigenvalue weighted by atomic mass is 10.1. The third-order valence-electron chi connectivity index (χ3n) is 5.72. The Balaban J connectivity index is 1.62. The number of aromatic nitrogens is 2. The molecule has 2 heterocycles. The van der Waals surface area contributed by atoms with Crippen molar-refractivity contribution in [3.05, 3.63) is 83.3 Å². The normalized spacial score (nSPS) is 13.4. The second kappa shape index (κ2) is 11.9. The van der Waals surface area contributed by atoms with Gasteiger partial charge < -0.3 is 19.5 Å². The quantitative estimate of drug-likeness (QED) is 0.451. The molecule has 6 nitrogen and oxygen atoms in total. The number of aryl methyl sites for hydroxylation is 2. The van der Waals surface area contributed by atoms with Crippen molar-refractivity contribution >= 4 is 0 Å². The predicted molar refractivity (Wildman–Crippen MR) is 127 cm³/mol. The minimum absolute atomic E-state index is 0.0229. The molecule has 172 valence electrons. The molecule has 0 saturated heterocycles. The van der Waals surface area contributed by atoms with Crippen LogP contribution in [-0.4, -0.2) is 57.0 Å². The van der Waals surface area contributed by atoms with Gasteiger partial charge in [0, 0.05) is 29.7 Å². The van der Waals surface area contributed by atoms with Crippen LogP contribution in [0.3, 0.4) is 0 Å². The molecule has 1 aromatic carbocycles. The molecule has 2 aromatic heterocycles. The second-order valence-electron chi connectivity index (χ2n) is 8.25. The number of ether oxygens (including phenoxy) is 1. The lowest BCUT2D eigenvalue weighted by molar-refractivity contribution is 0.00376. The predicted octanol–water partition coefficient (Wildman–Crippen LogP) is 3.81. The van der Waals surface area contributed by atoms with E-state index >= 15 is 0 Å². The summed E-state index contributed by atoms with van der Waals surface area (Å²) in [5.74, 6) is 0.842. The Hall–Kier alpha value is -2.51. The van der Waals surface area contributed by atoms with Crippen molar-refractivity contribution in [2.45, 2.75) is 45.9 Å². The Morgan fingerprint density at radius 2 is 1.75 bits per heavy atom. The van der Waals surface area contributed by atoms with Crippen molar-refractivity contribution < 1.29 is 14.9 Å². The summed E-state index contributed by atoms with van der Waals surface area (Å²) in [6.07, 6.45) is 1.96. The first kappa shape index (κ1) is 24.1. The van der Waals surface area contributed by atoms with E-state index in [-0.39, 0.29) is 12.6 Å². The van der Waals surface area contributed by atoms with Gasteiger partial charge in [0.25, 0.3) is 0 Å². The number of benzene rings is 1. The molecule has 0 bridgehead atoms. The number of nitrogens with zero attached hydrogens (tertiary/aromatic N) is 3. The van der Waals surface area contributed by atoms with E-state index in [0.717, 1.165) is 41.3 Å². The maximum Gasteiger partial charge on any atom is 0.136 e. The van der Waals surface area contributed by atoms with Crippen LogP contribution in [0.5, 0.6) is 0 Å². The van der Waals surface area contributed by atoms with Gasteiger partial charge in [-0.3, -0.25) is 4.90 Å². The van der Waals surface area contributed by atoms with Gasteiger partial charge in [-0.05, 0) is 50.6 Å². The zero-order valence-corrected chi connectivity index (χ0v) is 19.3. The van der Waals surface area contributed by atoms with Crippen molar-refractivity contribution in [1.29, 1.82) is 0 Å². The number of pyridine rings is 1. The van der Waals surface area contributed by atoms with Crippen LogP contribution in [0.15, 0.2) is 60.8 Å². The topological polar surface area (TPSA) is 70.8 Å². The summed E-state index contributed by atoms with van der Waals surface area (Å²) in [6, 6.07) is 17.8. The minimum Gasteiger partial charge on any atom is -0.395 e. The van der Waals surface area contributed by atoms with Gasteiger partial charge in [-0.25, -0.2) is 4.98 Å². The van der Waals surface area contributed by atoms with E-state index in [1.54, 1.807) is 6.20 Å². The van der Waals surface area contributed by atoms with Crippen molar-refractivity contribution in [3.8, 4) is 5.82 Å². The fraction of sp³-hybridized carbons (Fsp3) is 0.423. The largest absolute Gasteiger partial charge is 0.395 e. The third-order valence-corrected chi connectivity index (χ3v) is 5.72. The summed E-state index contributed by atoms with van der Waals surface area (Å²) in [5.41, 5.74) is 4.11. The van der Waals surface area contributed by atoms with Gasteiger partial charge in [0.1, 0.15) is 5.82 Å². The van der Waals surface area contributed by atoms with Crippen LogP contribution in [-0.2, 0) is 11.3 Å². The van der Waals surface area contributed by atoms with Crippen LogP contribution in [0.1, 0.15) is 42.0 Å². The van der Waals surface area contributed by atoms with Crippen molar-refractivity contribution in [2.75, 3.05) is 26.3 Å². The molecule has 6 heteroatoms. The monoisotopic (exact) mass is 437 g/mol. The standard InChI is InChI=1S/C26H35N3O3/c1-4-14-28(24(17-30)19-32-18-22-8-6-5-7-9-22)16-25(31)23-12-13-26(27-15-23)29-20(2)10-11-21(29)3/h5-13,15,24-25,30-31H,4,14,16-19H2,1-3H3/t24-,25-/m1/s1. The molecule has 0 fully saturated rings. The first-order valence-electron chi connectivity index (χ1n) is 11.3. The molecule has 0 aliphatic rings. The van der Waals surface area contributed by atoms with Gasteiger partial charge in [-0.1, -0.05) is 43.3 Å². The number of rotatable bonds is 12. The van der Waals surface area contributed by atoms with Crippen LogP contribution < -0.4 is 0 Å². The number of aliphatic hydroxyl groups is 2. The van der Waals surface area contributed by atoms with Crippen LogP contribution in [0, 0.1) is 13.8 Å². The Bertz CT molecular complexity index is 921. The number of hydrogen-bond donors (Lipinski definition) is 2. The first-order chi connectivity index (χ1) is 15.5. The van der Waals surface area contributed by atoms with Gasteiger partial charge in [-0.15, -0.1) is 0 Å². The van der Waals surface area contributed by atoms with Crippen molar-refractivity contribution in [1.82, 2.24) is 14.5 Å². The molecule has 32 heavy (non-hydrogen) atoms. The Kier molecular flexibility index (Phi) is 9.00. The zero-order chi connectivity index (χ0) is 22.9. The molecule has 0 amide bonds. The molecule has 3 rings (SSSR count). The van der Waals surface area contributed by atoms with E-state index in [1.165, 1.54) is 0 Å². The summed E-state index contributed by atoms with van der Waals surface area (Å²) >= 11 is 0. The minimum atomic E-state index is -0.696. The summed E-state index contributed by atoms with van der Waals surface area (Å²) < 4.78 is 7.96. The summed E-state index contributed by atoms with van der Waals surface area (Å²) in [5, 5.41) is 20.9. The molecule has 0 spiro atoms. The molecule has 0 saturated carbocycles. The SMILES string of the molecule is CCCN(C[C@@H](O)c1ccc(-n2c(C)ccc2C)nc1)[C@H](CO)COCc1ccccc1. The molecule has 3 aromatic rings. The average molecular weight is 438 g/mol. The van der Waals surface area contributed by atoms with E-state index in [2.05, 4.69) is 47.4 Å². The lowest BCUT2D eigenvalue weighted by Gasteiger charge is -2.32. The van der Waals surface area contributed by atoms with Crippen LogP contribution in [0.2, 0.25) is 0 Å². The van der Waals surface area contributed by atoms with E-state index in [0.29, 0.717) is 19.8 Å². The van der Waals surface area contributed by atoms with Crippen molar-refractivity contribution in [2.24, 2.45) is 0 Å². The molecule has 0 aliphatic heterocycles. The van der Waals surface area contributed by atoms with Gasteiger partial charge in [0.15, 0.2) is 0 Å². The molecule has 0 aliphatic carbocycles. The van der Waals surface area contributed by atoms with E-state index in [4.69, 9.17) is 4.74 Å². The molecular formula is C26H35N3O3. The van der Waals surface area contributed by atoms with Crippen molar-refractivity contribution in [3.63, 3.8) is 0 Å². The highest BCUT2D eigenvalue weighted by molar-refractivity contribution is 5.33. The van der Waals surface area contributed by atoms with Gasteiger partial charge in [-0.2, -0.15) is 0 Å². The lowest BCUT2D eigenvalue weighted by Crippen LogP contribution is -2.44. The van der Waals surface area contributed by atoms with Crippen LogP contribution in [0.25, 0.3) is 5.82 Å². The Labute approximate surface area is 191 Å². The molecular weight excluding hydrogens is 402 g/mol. The number of aliphatic hydroxyl groups excluding tert-OH is 2. The van der Waals surface area contributed by atoms with Crippen LogP contribution >= 0.6 is 0 Å². The maximum atomic E-state index is 10.9.